The zero-order chi connectivity index (χ0) is 8.12. The Morgan fingerprint density at radius 1 is 1.00 bits per heavy atom. The van der Waals surface area contributed by atoms with E-state index in [1.807, 2.05) is 0 Å². The van der Waals surface area contributed by atoms with Crippen molar-refractivity contribution in [2.45, 2.75) is 6.92 Å². The van der Waals surface area contributed by atoms with Gasteiger partial charge in [0.1, 0.15) is 6.29 Å². The summed E-state index contributed by atoms with van der Waals surface area (Å²) in [6.07, 6.45) is 0.750. The minimum atomic E-state index is -0.250. The molecule has 0 spiro atoms. The molecule has 0 bridgehead atoms. The average Bonchev–Trinajstić information content (AvgIpc) is 1.70. The molecule has 5 nitrogen and oxygen atoms in total. The Kier molecular flexibility index (Phi) is 140. The normalized spacial score (nSPS) is 4.11. The molecular formula is C4H8O5. The monoisotopic (exact) mass is 136 g/mol. The van der Waals surface area contributed by atoms with E-state index < -0.39 is 0 Å². The molecule has 0 saturated heterocycles. The van der Waals surface area contributed by atoms with Crippen LogP contribution in [0.1, 0.15) is 6.92 Å². The van der Waals surface area contributed by atoms with Crippen molar-refractivity contribution in [3.05, 3.63) is 0 Å². The van der Waals surface area contributed by atoms with Crippen molar-refractivity contribution in [2.24, 2.45) is 0 Å². The van der Waals surface area contributed by atoms with Crippen molar-refractivity contribution in [1.82, 2.24) is 0 Å². The summed E-state index contributed by atoms with van der Waals surface area (Å²) in [6.45, 7) is 0.944. The highest BCUT2D eigenvalue weighted by molar-refractivity contribution is 5.44. The molecule has 0 aromatic rings. The first-order chi connectivity index (χ1) is 4.24. The molecule has 0 aliphatic carbocycles. The van der Waals surface area contributed by atoms with E-state index in [4.69, 9.17) is 24.6 Å². The van der Waals surface area contributed by atoms with Gasteiger partial charge < -0.3 is 15.0 Å². The van der Waals surface area contributed by atoms with Crippen LogP contribution >= 0.6 is 0 Å². The van der Waals surface area contributed by atoms with Crippen LogP contribution in [0.3, 0.4) is 0 Å². The highest BCUT2D eigenvalue weighted by Gasteiger charge is 1.24. The molecule has 0 heterocycles. The predicted molar refractivity (Wildman–Crippen MR) is 29.1 cm³/mol. The van der Waals surface area contributed by atoms with Gasteiger partial charge in [0.25, 0.3) is 12.9 Å². The number of hydrogen-bond donors (Lipinski definition) is 2. The lowest BCUT2D eigenvalue weighted by atomic mass is 11.0. The van der Waals surface area contributed by atoms with Gasteiger partial charge in [-0.05, 0) is 6.92 Å². The second kappa shape index (κ2) is 80.3. The number of carbonyl (C=O) groups excluding carboxylic acids is 1. The zero-order valence-corrected chi connectivity index (χ0v) is 4.85. The van der Waals surface area contributed by atoms with Crippen LogP contribution < -0.4 is 0 Å². The van der Waals surface area contributed by atoms with Crippen molar-refractivity contribution in [1.29, 1.82) is 0 Å². The molecule has 0 radical (unpaired) electrons. The van der Waals surface area contributed by atoms with E-state index >= 15 is 0 Å². The molecule has 0 fully saturated rings. The van der Waals surface area contributed by atoms with Crippen molar-refractivity contribution < 1.29 is 24.6 Å². The summed E-state index contributed by atoms with van der Waals surface area (Å²) in [5.41, 5.74) is 0. The zero-order valence-electron chi connectivity index (χ0n) is 4.85. The molecule has 0 aromatic carbocycles. The van der Waals surface area contributed by atoms with Crippen LogP contribution in [-0.2, 0) is 14.4 Å². The van der Waals surface area contributed by atoms with Gasteiger partial charge in [0.15, 0.2) is 0 Å². The third-order valence-corrected chi connectivity index (χ3v) is 0. The summed E-state index contributed by atoms with van der Waals surface area (Å²) in [5, 5.41) is 13.8. The predicted octanol–water partition coefficient (Wildman–Crippen LogP) is -0.393. The van der Waals surface area contributed by atoms with Gasteiger partial charge in [0, 0.05) is 0 Å². The molecule has 54 valence electrons. The first-order valence-electron chi connectivity index (χ1n) is 1.80. The number of hydrogen-bond acceptors (Lipinski definition) is 3. The summed E-state index contributed by atoms with van der Waals surface area (Å²) >= 11 is 0. The van der Waals surface area contributed by atoms with Crippen LogP contribution in [0.2, 0.25) is 0 Å². The molecule has 0 amide bonds. The molecule has 0 aliphatic heterocycles. The minimum Gasteiger partial charge on any atom is -0.483 e. The Morgan fingerprint density at radius 3 is 1.00 bits per heavy atom. The topological polar surface area (TPSA) is 91.7 Å². The largest absolute Gasteiger partial charge is 0.483 e. The van der Waals surface area contributed by atoms with E-state index in [0.717, 1.165) is 6.29 Å². The van der Waals surface area contributed by atoms with E-state index in [2.05, 4.69) is 0 Å². The van der Waals surface area contributed by atoms with Gasteiger partial charge in [-0.2, -0.15) is 0 Å². The van der Waals surface area contributed by atoms with Gasteiger partial charge in [0.2, 0.25) is 0 Å². The molecule has 5 heteroatoms. The highest BCUT2D eigenvalue weighted by Crippen LogP contribution is 1.13. The van der Waals surface area contributed by atoms with Gasteiger partial charge in [-0.3, -0.25) is 9.59 Å². The Labute approximate surface area is 51.9 Å². The van der Waals surface area contributed by atoms with E-state index in [-0.39, 0.29) is 12.9 Å². The maximum absolute atomic E-state index is 8.81. The van der Waals surface area contributed by atoms with Gasteiger partial charge in [-0.25, -0.2) is 0 Å². The molecule has 0 aromatic heterocycles. The molecule has 0 saturated carbocycles. The lowest BCUT2D eigenvalue weighted by molar-refractivity contribution is -0.123. The Balaban J connectivity index is -0.0000000600. The van der Waals surface area contributed by atoms with Gasteiger partial charge in [-0.15, -0.1) is 0 Å². The molecule has 2 N–H and O–H groups in total. The lowest BCUT2D eigenvalue weighted by Crippen LogP contribution is -1.49. The third kappa shape index (κ3) is 72.7. The van der Waals surface area contributed by atoms with Gasteiger partial charge in [-0.1, -0.05) is 0 Å². The van der Waals surface area contributed by atoms with E-state index in [9.17, 15) is 0 Å². The summed E-state index contributed by atoms with van der Waals surface area (Å²) in [6, 6.07) is 0. The molecule has 9 heavy (non-hydrogen) atoms. The number of aldehydes is 1. The van der Waals surface area contributed by atoms with Crippen LogP contribution in [0.5, 0.6) is 0 Å². The smallest absolute Gasteiger partial charge is 0.290 e. The quantitative estimate of drug-likeness (QED) is 0.442. The molecule has 0 rings (SSSR count). The Hall–Kier alpha value is -1.39. The maximum atomic E-state index is 8.81. The first-order valence-corrected chi connectivity index (χ1v) is 1.80. The van der Waals surface area contributed by atoms with Crippen LogP contribution in [0.15, 0.2) is 0 Å². The Morgan fingerprint density at radius 2 is 1.00 bits per heavy atom. The van der Waals surface area contributed by atoms with Gasteiger partial charge in [0.05, 0.1) is 0 Å². The van der Waals surface area contributed by atoms with Crippen LogP contribution in [-0.4, -0.2) is 29.4 Å². The fourth-order valence-electron chi connectivity index (χ4n) is 0. The van der Waals surface area contributed by atoms with Crippen LogP contribution in [0, 0.1) is 0 Å². The summed E-state index contributed by atoms with van der Waals surface area (Å²) < 4.78 is 0. The highest BCUT2D eigenvalue weighted by atomic mass is 16.3. The first kappa shape index (κ1) is 15.6. The van der Waals surface area contributed by atoms with Crippen molar-refractivity contribution in [2.75, 3.05) is 0 Å². The third-order valence-electron chi connectivity index (χ3n) is 0. The second-order valence-electron chi connectivity index (χ2n) is 0.447. The SMILES string of the molecule is CC=O.O=CO.O=CO. The standard InChI is InChI=1S/C2H4O.2CH2O2/c1-2-3;2*2-1-3/h2H,1H3;2*1H,(H,2,3). The maximum Gasteiger partial charge on any atom is 0.290 e. The molecular weight excluding hydrogens is 128 g/mol. The number of carbonyl (C=O) groups is 3. The second-order valence-corrected chi connectivity index (χ2v) is 0.447. The van der Waals surface area contributed by atoms with Crippen molar-refractivity contribution >= 4 is 19.2 Å². The number of carboxylic acid groups (broad SMARTS) is 2. The lowest BCUT2D eigenvalue weighted by Gasteiger charge is -1.34. The number of rotatable bonds is 0. The van der Waals surface area contributed by atoms with E-state index in [1.54, 1.807) is 0 Å². The fraction of sp³-hybridized carbons (Fsp3) is 0.250. The van der Waals surface area contributed by atoms with E-state index in [1.165, 1.54) is 6.92 Å². The average molecular weight is 136 g/mol. The molecule has 0 aliphatic rings. The van der Waals surface area contributed by atoms with Crippen molar-refractivity contribution in [3.8, 4) is 0 Å². The minimum absolute atomic E-state index is 0.250. The Bertz CT molecular complexity index is 45.7. The summed E-state index contributed by atoms with van der Waals surface area (Å²) in [7, 11) is 0. The molecule has 0 atom stereocenters. The van der Waals surface area contributed by atoms with Crippen molar-refractivity contribution in [3.63, 3.8) is 0 Å². The molecule has 0 unspecified atom stereocenters. The van der Waals surface area contributed by atoms with Crippen LogP contribution in [0.4, 0.5) is 0 Å². The van der Waals surface area contributed by atoms with Crippen LogP contribution in [0.25, 0.3) is 0 Å². The van der Waals surface area contributed by atoms with E-state index in [0.29, 0.717) is 0 Å². The fourth-order valence-corrected chi connectivity index (χ4v) is 0. The summed E-state index contributed by atoms with van der Waals surface area (Å²) in [4.78, 5) is 25.5. The summed E-state index contributed by atoms with van der Waals surface area (Å²) in [5.74, 6) is 0. The van der Waals surface area contributed by atoms with Gasteiger partial charge >= 0.3 is 0 Å².